The molecule has 2 aliphatic rings. The predicted octanol–water partition coefficient (Wildman–Crippen LogP) is 5.17. The van der Waals surface area contributed by atoms with Crippen molar-refractivity contribution in [1.29, 1.82) is 0 Å². The highest BCUT2D eigenvalue weighted by molar-refractivity contribution is 7.18. The van der Waals surface area contributed by atoms with E-state index in [2.05, 4.69) is 62.9 Å². The minimum atomic E-state index is 0. The summed E-state index contributed by atoms with van der Waals surface area (Å²) in [6, 6.07) is 8.91. The van der Waals surface area contributed by atoms with Gasteiger partial charge in [0, 0.05) is 43.4 Å². The summed E-state index contributed by atoms with van der Waals surface area (Å²) in [7, 11) is 0. The number of aromatic nitrogens is 3. The van der Waals surface area contributed by atoms with Crippen molar-refractivity contribution in [2.75, 3.05) is 31.1 Å². The summed E-state index contributed by atoms with van der Waals surface area (Å²) in [5.74, 6) is 1.97. The molecule has 7 heteroatoms. The fourth-order valence-corrected chi connectivity index (χ4v) is 5.74. The predicted molar refractivity (Wildman–Crippen MR) is 129 cm³/mol. The molecule has 0 N–H and O–H groups in total. The van der Waals surface area contributed by atoms with E-state index < -0.39 is 0 Å². The van der Waals surface area contributed by atoms with Gasteiger partial charge in [-0.15, -0.1) is 23.7 Å². The van der Waals surface area contributed by atoms with Crippen molar-refractivity contribution < 1.29 is 0 Å². The van der Waals surface area contributed by atoms with E-state index in [9.17, 15) is 0 Å². The molecule has 0 amide bonds. The zero-order valence-electron chi connectivity index (χ0n) is 17.3. The van der Waals surface area contributed by atoms with E-state index in [1.165, 1.54) is 36.2 Å². The van der Waals surface area contributed by atoms with Gasteiger partial charge in [-0.25, -0.2) is 15.0 Å². The van der Waals surface area contributed by atoms with Crippen LogP contribution in [0.15, 0.2) is 24.3 Å². The Morgan fingerprint density at radius 3 is 2.60 bits per heavy atom. The van der Waals surface area contributed by atoms with Crippen LogP contribution >= 0.6 is 23.7 Å². The Labute approximate surface area is 190 Å². The summed E-state index contributed by atoms with van der Waals surface area (Å²) in [6.45, 7) is 11.7. The first-order valence-electron chi connectivity index (χ1n) is 10.1. The van der Waals surface area contributed by atoms with E-state index in [1.807, 2.05) is 6.92 Å². The van der Waals surface area contributed by atoms with Crippen molar-refractivity contribution in [3.63, 3.8) is 0 Å². The minimum Gasteiger partial charge on any atom is -0.356 e. The quantitative estimate of drug-likeness (QED) is 0.556. The zero-order valence-corrected chi connectivity index (χ0v) is 18.9. The molecule has 2 fully saturated rings. The van der Waals surface area contributed by atoms with Crippen LogP contribution in [0.4, 0.5) is 5.82 Å². The van der Waals surface area contributed by atoms with E-state index >= 15 is 0 Å². The molecule has 3 aromatic rings. The highest BCUT2D eigenvalue weighted by atomic mass is 35.5. The van der Waals surface area contributed by atoms with Crippen molar-refractivity contribution in [2.45, 2.75) is 47.6 Å². The lowest BCUT2D eigenvalue weighted by molar-refractivity contribution is 0.270. The molecule has 2 saturated heterocycles. The molecule has 2 aliphatic heterocycles. The Hall–Kier alpha value is -1.76. The smallest absolute Gasteiger partial charge is 0.132 e. The van der Waals surface area contributed by atoms with E-state index in [0.29, 0.717) is 5.41 Å². The maximum atomic E-state index is 4.68. The average molecular weight is 446 g/mol. The molecule has 30 heavy (non-hydrogen) atoms. The molecule has 5 rings (SSSR count). The van der Waals surface area contributed by atoms with Crippen molar-refractivity contribution >= 4 is 39.8 Å². The number of likely N-dealkylation sites (tertiary alicyclic amines) is 1. The minimum absolute atomic E-state index is 0. The SMILES string of the molecule is C.Cc1cc(N2CCC3(CCN(Cc4ccc5sc(C)nc5c4)C3)C2)nc(C)n1.Cl. The standard InChI is InChI=1S/C22H27N5S.CH4.ClH/c1-15-10-21(24-16(2)23-15)27-9-7-22(14-27)6-8-26(13-22)12-18-4-5-20-19(11-18)25-17(3)28-20;;/h4-5,10-11H,6-9,12-14H2,1-3H3;1H4;1H. The molecule has 2 aromatic heterocycles. The molecule has 1 spiro atoms. The van der Waals surface area contributed by atoms with Gasteiger partial charge >= 0.3 is 0 Å². The number of hydrogen-bond acceptors (Lipinski definition) is 6. The molecule has 4 heterocycles. The molecule has 0 radical (unpaired) electrons. The Kier molecular flexibility index (Phi) is 6.70. The number of rotatable bonds is 3. The van der Waals surface area contributed by atoms with Crippen LogP contribution in [0.3, 0.4) is 0 Å². The lowest BCUT2D eigenvalue weighted by Crippen LogP contribution is -2.31. The molecule has 0 aliphatic carbocycles. The maximum Gasteiger partial charge on any atom is 0.132 e. The third-order valence-electron chi connectivity index (χ3n) is 6.20. The largest absolute Gasteiger partial charge is 0.356 e. The third-order valence-corrected chi connectivity index (χ3v) is 7.15. The van der Waals surface area contributed by atoms with Crippen molar-refractivity contribution in [2.24, 2.45) is 5.41 Å². The van der Waals surface area contributed by atoms with Crippen molar-refractivity contribution in [1.82, 2.24) is 19.9 Å². The molecular weight excluding hydrogens is 414 g/mol. The number of benzene rings is 1. The number of aryl methyl sites for hydroxylation is 3. The second-order valence-electron chi connectivity index (χ2n) is 8.58. The van der Waals surface area contributed by atoms with Gasteiger partial charge in [-0.1, -0.05) is 13.5 Å². The summed E-state index contributed by atoms with van der Waals surface area (Å²) in [6.07, 6.45) is 2.54. The lowest BCUT2D eigenvalue weighted by Gasteiger charge is -2.25. The zero-order chi connectivity index (χ0) is 19.3. The number of hydrogen-bond donors (Lipinski definition) is 0. The number of anilines is 1. The van der Waals surface area contributed by atoms with E-state index in [4.69, 9.17) is 0 Å². The van der Waals surface area contributed by atoms with Crippen molar-refractivity contribution in [3.8, 4) is 0 Å². The topological polar surface area (TPSA) is 45.2 Å². The van der Waals surface area contributed by atoms with Gasteiger partial charge < -0.3 is 4.90 Å². The molecular formula is C23H32ClN5S. The van der Waals surface area contributed by atoms with Crippen LogP contribution in [0.5, 0.6) is 0 Å². The summed E-state index contributed by atoms with van der Waals surface area (Å²) >= 11 is 1.78. The molecule has 0 saturated carbocycles. The van der Waals surface area contributed by atoms with Crippen molar-refractivity contribution in [3.05, 3.63) is 46.4 Å². The fraction of sp³-hybridized carbons (Fsp3) is 0.522. The van der Waals surface area contributed by atoms with E-state index in [1.54, 1.807) is 11.3 Å². The summed E-state index contributed by atoms with van der Waals surface area (Å²) < 4.78 is 1.29. The van der Waals surface area contributed by atoms with E-state index in [-0.39, 0.29) is 19.8 Å². The van der Waals surface area contributed by atoms with Gasteiger partial charge in [-0.05, 0) is 57.9 Å². The fourth-order valence-electron chi connectivity index (χ4n) is 4.93. The molecule has 1 aromatic carbocycles. The summed E-state index contributed by atoms with van der Waals surface area (Å²) in [5, 5.41) is 1.15. The van der Waals surface area contributed by atoms with Crippen LogP contribution in [-0.4, -0.2) is 46.0 Å². The molecule has 1 unspecified atom stereocenters. The highest BCUT2D eigenvalue weighted by Crippen LogP contribution is 2.41. The van der Waals surface area contributed by atoms with Gasteiger partial charge in [0.1, 0.15) is 11.6 Å². The monoisotopic (exact) mass is 445 g/mol. The first-order valence-corrected chi connectivity index (χ1v) is 11.0. The van der Waals surface area contributed by atoms with Gasteiger partial charge in [0.05, 0.1) is 15.2 Å². The Bertz CT molecular complexity index is 1020. The van der Waals surface area contributed by atoms with Crippen LogP contribution < -0.4 is 4.90 Å². The average Bonchev–Trinajstić information content (AvgIpc) is 3.33. The second kappa shape index (κ2) is 8.77. The Morgan fingerprint density at radius 2 is 1.80 bits per heavy atom. The van der Waals surface area contributed by atoms with Crippen LogP contribution in [0, 0.1) is 26.2 Å². The lowest BCUT2D eigenvalue weighted by atomic mass is 9.86. The van der Waals surface area contributed by atoms with Gasteiger partial charge in [0.15, 0.2) is 0 Å². The highest BCUT2D eigenvalue weighted by Gasteiger charge is 2.43. The summed E-state index contributed by atoms with van der Waals surface area (Å²) in [4.78, 5) is 18.9. The molecule has 162 valence electrons. The van der Waals surface area contributed by atoms with Crippen LogP contribution in [0.25, 0.3) is 10.2 Å². The third kappa shape index (κ3) is 4.46. The Morgan fingerprint density at radius 1 is 1.00 bits per heavy atom. The number of nitrogens with zero attached hydrogens (tertiary/aromatic N) is 5. The molecule has 5 nitrogen and oxygen atoms in total. The first-order chi connectivity index (χ1) is 13.5. The Balaban J connectivity index is 0.00000128. The van der Waals surface area contributed by atoms with Gasteiger partial charge in [0.25, 0.3) is 0 Å². The number of fused-ring (bicyclic) bond motifs is 1. The van der Waals surface area contributed by atoms with E-state index in [0.717, 1.165) is 47.5 Å². The van der Waals surface area contributed by atoms with Crippen LogP contribution in [-0.2, 0) is 6.54 Å². The van der Waals surface area contributed by atoms with Gasteiger partial charge in [-0.3, -0.25) is 4.90 Å². The normalized spacial score (nSPS) is 21.2. The summed E-state index contributed by atoms with van der Waals surface area (Å²) in [5.41, 5.74) is 4.00. The van der Waals surface area contributed by atoms with Gasteiger partial charge in [-0.2, -0.15) is 0 Å². The first kappa shape index (κ1) is 22.9. The van der Waals surface area contributed by atoms with Crippen LogP contribution in [0.2, 0.25) is 0 Å². The van der Waals surface area contributed by atoms with Crippen LogP contribution in [0.1, 0.15) is 42.4 Å². The van der Waals surface area contributed by atoms with Gasteiger partial charge in [0.2, 0.25) is 0 Å². The maximum absolute atomic E-state index is 4.68. The number of thiazole rings is 1. The molecule has 0 bridgehead atoms. The molecule has 1 atom stereocenters. The number of halogens is 1. The second-order valence-corrected chi connectivity index (χ2v) is 9.82.